The summed E-state index contributed by atoms with van der Waals surface area (Å²) in [4.78, 5) is 0. The lowest BCUT2D eigenvalue weighted by Gasteiger charge is -1.76. The zero-order valence-electron chi connectivity index (χ0n) is 4.39. The quantitative estimate of drug-likeness (QED) is 0.385. The molecule has 6 radical (unpaired) electrons. The van der Waals surface area contributed by atoms with Crippen LogP contribution in [0.4, 0.5) is 0 Å². The van der Waals surface area contributed by atoms with Gasteiger partial charge in [0.15, 0.2) is 0 Å². The summed E-state index contributed by atoms with van der Waals surface area (Å²) >= 11 is 0. The molecule has 0 aromatic heterocycles. The maximum Gasteiger partial charge on any atom is 0.0466 e. The van der Waals surface area contributed by atoms with Crippen LogP contribution in [0.15, 0.2) is 0 Å². The number of rotatable bonds is 0. The molecule has 1 heterocycles. The summed E-state index contributed by atoms with van der Waals surface area (Å²) in [5.41, 5.74) is 0. The second-order valence-corrected chi connectivity index (χ2v) is 1.32. The molecule has 1 nitrogen and oxygen atoms in total. The summed E-state index contributed by atoms with van der Waals surface area (Å²) < 4.78 is 4.94. The van der Waals surface area contributed by atoms with Crippen molar-refractivity contribution in [3.05, 3.63) is 0 Å². The van der Waals surface area contributed by atoms with Gasteiger partial charge in [-0.1, -0.05) is 0 Å². The third-order valence-electron chi connectivity index (χ3n) is 0.827. The predicted octanol–water partition coefficient (Wildman–Crippen LogP) is 0.0352. The first-order chi connectivity index (χ1) is 2.50. The fourth-order valence-electron chi connectivity index (χ4n) is 0.510. The van der Waals surface area contributed by atoms with E-state index >= 15 is 0 Å². The first kappa shape index (κ1) is 10.1. The standard InChI is InChI=1S/C4H8O.2B/c1-2-4-5-3-1;;/h1-4H2;;. The van der Waals surface area contributed by atoms with E-state index in [0.717, 1.165) is 13.2 Å². The predicted molar refractivity (Wildman–Crippen MR) is 31.6 cm³/mol. The van der Waals surface area contributed by atoms with Crippen molar-refractivity contribution >= 4 is 16.8 Å². The molecule has 0 saturated carbocycles. The van der Waals surface area contributed by atoms with Gasteiger partial charge in [0.25, 0.3) is 0 Å². The highest BCUT2D eigenvalue weighted by Crippen LogP contribution is 1.98. The topological polar surface area (TPSA) is 9.23 Å². The van der Waals surface area contributed by atoms with E-state index in [2.05, 4.69) is 0 Å². The minimum Gasteiger partial charge on any atom is -0.381 e. The SMILES string of the molecule is C1CCOC1.[B].[B]. The molecule has 1 fully saturated rings. The Morgan fingerprint density at radius 1 is 0.857 bits per heavy atom. The molecule has 0 aliphatic carbocycles. The number of ether oxygens (including phenoxy) is 1. The van der Waals surface area contributed by atoms with Crippen molar-refractivity contribution in [3.8, 4) is 0 Å². The zero-order chi connectivity index (χ0) is 3.54. The van der Waals surface area contributed by atoms with Crippen LogP contribution in [-0.4, -0.2) is 30.0 Å². The van der Waals surface area contributed by atoms with Gasteiger partial charge in [0.05, 0.1) is 0 Å². The smallest absolute Gasteiger partial charge is 0.0466 e. The van der Waals surface area contributed by atoms with Crippen LogP contribution in [-0.2, 0) is 4.74 Å². The Hall–Kier alpha value is 0.0899. The van der Waals surface area contributed by atoms with Gasteiger partial charge < -0.3 is 4.74 Å². The molecule has 1 aliphatic heterocycles. The van der Waals surface area contributed by atoms with Crippen molar-refractivity contribution in [2.75, 3.05) is 13.2 Å². The lowest BCUT2D eigenvalue weighted by molar-refractivity contribution is 0.198. The highest BCUT2D eigenvalue weighted by Gasteiger charge is 1.94. The van der Waals surface area contributed by atoms with Crippen molar-refractivity contribution in [2.24, 2.45) is 0 Å². The zero-order valence-corrected chi connectivity index (χ0v) is 4.39. The van der Waals surface area contributed by atoms with Crippen LogP contribution in [0.1, 0.15) is 12.8 Å². The van der Waals surface area contributed by atoms with Crippen molar-refractivity contribution in [3.63, 3.8) is 0 Å². The first-order valence-electron chi connectivity index (χ1n) is 2.08. The molecular weight excluding hydrogens is 85.7 g/mol. The van der Waals surface area contributed by atoms with Crippen molar-refractivity contribution < 1.29 is 4.74 Å². The van der Waals surface area contributed by atoms with Crippen molar-refractivity contribution in [1.29, 1.82) is 0 Å². The van der Waals surface area contributed by atoms with E-state index in [9.17, 15) is 0 Å². The van der Waals surface area contributed by atoms with E-state index in [4.69, 9.17) is 4.74 Å². The van der Waals surface area contributed by atoms with Crippen LogP contribution in [0, 0.1) is 0 Å². The third kappa shape index (κ3) is 3.93. The Morgan fingerprint density at radius 2 is 1.29 bits per heavy atom. The molecular formula is C4H8B2O. The third-order valence-corrected chi connectivity index (χ3v) is 0.827. The molecule has 0 spiro atoms. The van der Waals surface area contributed by atoms with E-state index < -0.39 is 0 Å². The van der Waals surface area contributed by atoms with E-state index in [1.807, 2.05) is 0 Å². The largest absolute Gasteiger partial charge is 0.381 e. The molecule has 36 valence electrons. The Labute approximate surface area is 48.6 Å². The Balaban J connectivity index is 0. The molecule has 1 aliphatic rings. The van der Waals surface area contributed by atoms with Gasteiger partial charge in [-0.3, -0.25) is 0 Å². The summed E-state index contributed by atoms with van der Waals surface area (Å²) in [5, 5.41) is 0. The number of hydrogen-bond donors (Lipinski definition) is 0. The Morgan fingerprint density at radius 3 is 1.43 bits per heavy atom. The van der Waals surface area contributed by atoms with E-state index in [1.54, 1.807) is 0 Å². The fraction of sp³-hybridized carbons (Fsp3) is 1.00. The summed E-state index contributed by atoms with van der Waals surface area (Å²) in [6.45, 7) is 2.00. The van der Waals surface area contributed by atoms with Crippen LogP contribution < -0.4 is 0 Å². The van der Waals surface area contributed by atoms with Crippen molar-refractivity contribution in [2.45, 2.75) is 12.8 Å². The molecule has 7 heavy (non-hydrogen) atoms. The van der Waals surface area contributed by atoms with Gasteiger partial charge in [-0.05, 0) is 12.8 Å². The van der Waals surface area contributed by atoms with Crippen LogP contribution >= 0.6 is 0 Å². The Bertz CT molecular complexity index is 21.3. The molecule has 0 unspecified atom stereocenters. The molecule has 0 bridgehead atoms. The van der Waals surface area contributed by atoms with Crippen molar-refractivity contribution in [1.82, 2.24) is 0 Å². The summed E-state index contributed by atoms with van der Waals surface area (Å²) in [7, 11) is 0. The second kappa shape index (κ2) is 6.09. The first-order valence-corrected chi connectivity index (χ1v) is 2.08. The van der Waals surface area contributed by atoms with Gasteiger partial charge in [-0.25, -0.2) is 0 Å². The highest BCUT2D eigenvalue weighted by molar-refractivity contribution is 5.76. The highest BCUT2D eigenvalue weighted by atomic mass is 16.5. The van der Waals surface area contributed by atoms with Crippen LogP contribution in [0.2, 0.25) is 0 Å². The monoisotopic (exact) mass is 94.1 g/mol. The summed E-state index contributed by atoms with van der Waals surface area (Å²) in [5.74, 6) is 0. The summed E-state index contributed by atoms with van der Waals surface area (Å²) in [6.07, 6.45) is 2.56. The fourth-order valence-corrected chi connectivity index (χ4v) is 0.510. The van der Waals surface area contributed by atoms with Gasteiger partial charge >= 0.3 is 0 Å². The van der Waals surface area contributed by atoms with Crippen LogP contribution in [0.3, 0.4) is 0 Å². The van der Waals surface area contributed by atoms with Gasteiger partial charge in [0, 0.05) is 30.0 Å². The van der Waals surface area contributed by atoms with E-state index in [0.29, 0.717) is 0 Å². The van der Waals surface area contributed by atoms with Gasteiger partial charge in [0.2, 0.25) is 0 Å². The average Bonchev–Trinajstić information content (AvgIpc) is 1.76. The summed E-state index contributed by atoms with van der Waals surface area (Å²) in [6, 6.07) is 0. The Kier molecular flexibility index (Phi) is 8.83. The molecule has 0 aromatic carbocycles. The van der Waals surface area contributed by atoms with Gasteiger partial charge in [0.1, 0.15) is 0 Å². The van der Waals surface area contributed by atoms with Crippen LogP contribution in [0.25, 0.3) is 0 Å². The van der Waals surface area contributed by atoms with Gasteiger partial charge in [-0.15, -0.1) is 0 Å². The average molecular weight is 93.7 g/mol. The normalized spacial score (nSPS) is 17.1. The molecule has 0 amide bonds. The van der Waals surface area contributed by atoms with Crippen LogP contribution in [0.5, 0.6) is 0 Å². The van der Waals surface area contributed by atoms with E-state index in [1.165, 1.54) is 12.8 Å². The lowest BCUT2D eigenvalue weighted by Crippen LogP contribution is -1.74. The minimum absolute atomic E-state index is 0. The molecule has 3 heteroatoms. The lowest BCUT2D eigenvalue weighted by atomic mass is 10.4. The van der Waals surface area contributed by atoms with E-state index in [-0.39, 0.29) is 16.8 Å². The minimum atomic E-state index is 0. The van der Waals surface area contributed by atoms with Gasteiger partial charge in [-0.2, -0.15) is 0 Å². The second-order valence-electron chi connectivity index (χ2n) is 1.32. The number of hydrogen-bond acceptors (Lipinski definition) is 1. The molecule has 0 N–H and O–H groups in total. The molecule has 0 aromatic rings. The maximum absolute atomic E-state index is 4.94. The molecule has 0 atom stereocenters. The maximum atomic E-state index is 4.94. The molecule has 1 saturated heterocycles. The molecule has 1 rings (SSSR count).